The predicted molar refractivity (Wildman–Crippen MR) is 135 cm³/mol. The lowest BCUT2D eigenvalue weighted by Crippen LogP contribution is -2.24. The number of fused-ring (bicyclic) bond motifs is 2. The minimum Gasteiger partial charge on any atom is -0.493 e. The van der Waals surface area contributed by atoms with Crippen LogP contribution in [-0.2, 0) is 9.53 Å². The minimum absolute atomic E-state index is 0.140. The van der Waals surface area contributed by atoms with E-state index in [9.17, 15) is 9.59 Å². The zero-order chi connectivity index (χ0) is 25.3. The van der Waals surface area contributed by atoms with E-state index in [1.54, 1.807) is 38.6 Å². The van der Waals surface area contributed by atoms with Crippen LogP contribution in [0, 0.1) is 5.41 Å². The van der Waals surface area contributed by atoms with Crippen molar-refractivity contribution in [3.8, 4) is 23.0 Å². The number of nitrogens with zero attached hydrogens (tertiary/aromatic N) is 1. The highest BCUT2D eigenvalue weighted by Gasteiger charge is 2.52. The van der Waals surface area contributed by atoms with Crippen molar-refractivity contribution in [2.45, 2.75) is 12.8 Å². The second-order valence-electron chi connectivity index (χ2n) is 8.76. The summed E-state index contributed by atoms with van der Waals surface area (Å²) < 4.78 is 22.7. The van der Waals surface area contributed by atoms with Crippen molar-refractivity contribution in [1.82, 2.24) is 10.3 Å². The minimum atomic E-state index is -0.582. The van der Waals surface area contributed by atoms with Crippen LogP contribution in [0.3, 0.4) is 0 Å². The predicted octanol–water partition coefficient (Wildman–Crippen LogP) is 4.88. The second-order valence-corrected chi connectivity index (χ2v) is 8.76. The Morgan fingerprint density at radius 3 is 2.53 bits per heavy atom. The molecule has 1 N–H and O–H groups in total. The number of amides is 1. The molecule has 3 aromatic carbocycles. The molecule has 0 spiro atoms. The number of ether oxygens (including phenoxy) is 4. The zero-order valence-corrected chi connectivity index (χ0v) is 20.3. The Bertz CT molecular complexity index is 1480. The van der Waals surface area contributed by atoms with Crippen LogP contribution >= 0.6 is 0 Å². The molecule has 1 saturated carbocycles. The summed E-state index contributed by atoms with van der Waals surface area (Å²) in [5.74, 6) is 1.83. The summed E-state index contributed by atoms with van der Waals surface area (Å²) in [6.45, 7) is 0.215. The van der Waals surface area contributed by atoms with Gasteiger partial charge in [-0.25, -0.2) is 0 Å². The first-order valence-electron chi connectivity index (χ1n) is 11.6. The number of carbonyl (C=O) groups is 2. The number of carbonyl (C=O) groups excluding carboxylic acids is 2. The highest BCUT2D eigenvalue weighted by Crippen LogP contribution is 2.48. The monoisotopic (exact) mass is 486 g/mol. The summed E-state index contributed by atoms with van der Waals surface area (Å²) in [5, 5.41) is 5.14. The molecule has 0 radical (unpaired) electrons. The number of methoxy groups -OCH3 is 2. The van der Waals surface area contributed by atoms with Crippen molar-refractivity contribution in [1.29, 1.82) is 0 Å². The van der Waals surface area contributed by atoms with Crippen LogP contribution in [0.2, 0.25) is 0 Å². The van der Waals surface area contributed by atoms with Gasteiger partial charge in [0.2, 0.25) is 0 Å². The summed E-state index contributed by atoms with van der Waals surface area (Å²) in [7, 11) is 4.56. The molecule has 1 fully saturated rings. The maximum atomic E-state index is 12.2. The molecular weight excluding hydrogens is 460 g/mol. The number of rotatable bonds is 8. The van der Waals surface area contributed by atoms with Crippen LogP contribution < -0.4 is 19.5 Å². The molecule has 0 bridgehead atoms. The van der Waals surface area contributed by atoms with E-state index in [1.165, 1.54) is 7.11 Å². The quantitative estimate of drug-likeness (QED) is 0.355. The average molecular weight is 487 g/mol. The highest BCUT2D eigenvalue weighted by molar-refractivity contribution is 6.07. The van der Waals surface area contributed by atoms with Crippen LogP contribution in [0.15, 0.2) is 60.8 Å². The maximum Gasteiger partial charge on any atom is 0.315 e. The first-order chi connectivity index (χ1) is 17.5. The number of nitrogens with one attached hydrogen (secondary N) is 1. The van der Waals surface area contributed by atoms with Gasteiger partial charge in [0.25, 0.3) is 5.91 Å². The summed E-state index contributed by atoms with van der Waals surface area (Å²) in [6.07, 6.45) is 3.14. The fourth-order valence-corrected chi connectivity index (χ4v) is 4.27. The van der Waals surface area contributed by atoms with E-state index in [-0.39, 0.29) is 18.5 Å². The van der Waals surface area contributed by atoms with E-state index < -0.39 is 5.41 Å². The van der Waals surface area contributed by atoms with Gasteiger partial charge in [-0.05, 0) is 60.0 Å². The van der Waals surface area contributed by atoms with Crippen LogP contribution in [0.1, 0.15) is 23.2 Å². The van der Waals surface area contributed by atoms with Gasteiger partial charge < -0.3 is 24.3 Å². The molecule has 0 unspecified atom stereocenters. The Hall–Kier alpha value is -4.33. The molecule has 0 aliphatic heterocycles. The van der Waals surface area contributed by atoms with E-state index in [0.717, 1.165) is 29.0 Å². The highest BCUT2D eigenvalue weighted by atomic mass is 16.5. The molecule has 0 saturated heterocycles. The van der Waals surface area contributed by atoms with Gasteiger partial charge in [-0.2, -0.15) is 0 Å². The Labute approximate surface area is 208 Å². The standard InChI is InChI=1S/C28H26N2O6/c1-29-26(31)20-6-4-5-17-13-18(7-8-19(17)20)36-23-9-12-30-22-15-25(24(33-2)14-21(22)23)35-16-28(10-11-28)27(32)34-3/h4-9,12-15H,10-11,16H2,1-3H3,(H,29,31). The molecule has 1 aliphatic rings. The van der Waals surface area contributed by atoms with Crippen molar-refractivity contribution in [2.75, 3.05) is 27.9 Å². The molecule has 5 rings (SSSR count). The van der Waals surface area contributed by atoms with Crippen LogP contribution in [0.4, 0.5) is 0 Å². The first-order valence-corrected chi connectivity index (χ1v) is 11.6. The summed E-state index contributed by atoms with van der Waals surface area (Å²) >= 11 is 0. The first kappa shape index (κ1) is 23.4. The van der Waals surface area contributed by atoms with Gasteiger partial charge in [0.15, 0.2) is 11.5 Å². The SMILES string of the molecule is CNC(=O)c1cccc2cc(Oc3ccnc4cc(OCC5(C(=O)OC)CC5)c(OC)cc34)ccc12. The third kappa shape index (κ3) is 4.26. The van der Waals surface area contributed by atoms with Crippen molar-refractivity contribution in [2.24, 2.45) is 5.41 Å². The lowest BCUT2D eigenvalue weighted by atomic mass is 10.0. The average Bonchev–Trinajstić information content (AvgIpc) is 3.71. The van der Waals surface area contributed by atoms with Gasteiger partial charge in [-0.15, -0.1) is 0 Å². The van der Waals surface area contributed by atoms with E-state index >= 15 is 0 Å². The lowest BCUT2D eigenvalue weighted by molar-refractivity contribution is -0.148. The third-order valence-electron chi connectivity index (χ3n) is 6.51. The second kappa shape index (κ2) is 9.37. The molecule has 36 heavy (non-hydrogen) atoms. The fourth-order valence-electron chi connectivity index (χ4n) is 4.27. The van der Waals surface area contributed by atoms with Gasteiger partial charge in [0.1, 0.15) is 23.5 Å². The largest absolute Gasteiger partial charge is 0.493 e. The van der Waals surface area contributed by atoms with Crippen LogP contribution in [0.5, 0.6) is 23.0 Å². The number of aromatic nitrogens is 1. The fraction of sp³-hybridized carbons (Fsp3) is 0.250. The van der Waals surface area contributed by atoms with E-state index in [1.807, 2.05) is 36.4 Å². The number of esters is 1. The third-order valence-corrected chi connectivity index (χ3v) is 6.51. The van der Waals surface area contributed by atoms with Gasteiger partial charge >= 0.3 is 5.97 Å². The van der Waals surface area contributed by atoms with Crippen molar-refractivity contribution in [3.05, 3.63) is 66.4 Å². The van der Waals surface area contributed by atoms with Gasteiger partial charge in [0, 0.05) is 30.3 Å². The molecule has 1 aliphatic carbocycles. The maximum absolute atomic E-state index is 12.2. The Kier molecular flexibility index (Phi) is 6.10. The number of hydrogen-bond acceptors (Lipinski definition) is 7. The van der Waals surface area contributed by atoms with E-state index in [2.05, 4.69) is 10.3 Å². The van der Waals surface area contributed by atoms with E-state index in [4.69, 9.17) is 18.9 Å². The number of pyridine rings is 1. The summed E-state index contributed by atoms with van der Waals surface area (Å²) in [5.41, 5.74) is 0.684. The molecule has 0 atom stereocenters. The number of benzene rings is 3. The molecular formula is C28H26N2O6. The summed E-state index contributed by atoms with van der Waals surface area (Å²) in [4.78, 5) is 28.7. The Morgan fingerprint density at radius 2 is 1.81 bits per heavy atom. The van der Waals surface area contributed by atoms with Crippen LogP contribution in [0.25, 0.3) is 21.7 Å². The molecule has 1 amide bonds. The van der Waals surface area contributed by atoms with Gasteiger partial charge in [-0.1, -0.05) is 12.1 Å². The topological polar surface area (TPSA) is 96.0 Å². The van der Waals surface area contributed by atoms with Gasteiger partial charge in [-0.3, -0.25) is 14.6 Å². The number of hydrogen-bond donors (Lipinski definition) is 1. The molecule has 8 nitrogen and oxygen atoms in total. The zero-order valence-electron chi connectivity index (χ0n) is 20.3. The van der Waals surface area contributed by atoms with Gasteiger partial charge in [0.05, 0.1) is 19.7 Å². The smallest absolute Gasteiger partial charge is 0.315 e. The molecule has 1 aromatic heterocycles. The van der Waals surface area contributed by atoms with Crippen molar-refractivity contribution >= 4 is 33.6 Å². The van der Waals surface area contributed by atoms with E-state index in [0.29, 0.717) is 34.1 Å². The van der Waals surface area contributed by atoms with Crippen molar-refractivity contribution in [3.63, 3.8) is 0 Å². The molecule has 8 heteroatoms. The lowest BCUT2D eigenvalue weighted by Gasteiger charge is -2.17. The normalized spacial score (nSPS) is 13.8. The van der Waals surface area contributed by atoms with Crippen LogP contribution in [-0.4, -0.2) is 44.7 Å². The molecule has 184 valence electrons. The molecule has 1 heterocycles. The van der Waals surface area contributed by atoms with Crippen molar-refractivity contribution < 1.29 is 28.5 Å². The summed E-state index contributed by atoms with van der Waals surface area (Å²) in [6, 6.07) is 16.6. The molecule has 4 aromatic rings. The Morgan fingerprint density at radius 1 is 0.972 bits per heavy atom. The Balaban J connectivity index is 1.45.